The predicted molar refractivity (Wildman–Crippen MR) is 56.3 cm³/mol. The largest absolute Gasteiger partial charge is 0.353 e. The van der Waals surface area contributed by atoms with E-state index in [-0.39, 0.29) is 12.3 Å². The Bertz CT molecular complexity index is 235. The molecule has 1 amide bonds. The molecule has 3 nitrogen and oxygen atoms in total. The summed E-state index contributed by atoms with van der Waals surface area (Å²) in [6.45, 7) is 1.38. The van der Waals surface area contributed by atoms with Crippen LogP contribution in [0.3, 0.4) is 0 Å². The van der Waals surface area contributed by atoms with Gasteiger partial charge in [-0.3, -0.25) is 4.79 Å². The number of piperidine rings is 1. The number of carbonyl (C=O) groups excluding carboxylic acids is 1. The summed E-state index contributed by atoms with van der Waals surface area (Å²) in [7, 11) is 0. The topological polar surface area (TPSA) is 41.1 Å². The van der Waals surface area contributed by atoms with E-state index in [9.17, 15) is 9.18 Å². The first-order valence-electron chi connectivity index (χ1n) is 5.87. The highest BCUT2D eigenvalue weighted by molar-refractivity contribution is 5.77. The maximum Gasteiger partial charge on any atom is 0.223 e. The number of hydrogen-bond acceptors (Lipinski definition) is 2. The van der Waals surface area contributed by atoms with Crippen molar-refractivity contribution in [2.45, 2.75) is 50.2 Å². The van der Waals surface area contributed by atoms with E-state index in [1.165, 1.54) is 6.42 Å². The lowest BCUT2D eigenvalue weighted by Crippen LogP contribution is -2.45. The Morgan fingerprint density at radius 3 is 2.60 bits per heavy atom. The molecular weight excluding hydrogens is 195 g/mol. The Morgan fingerprint density at radius 1 is 1.40 bits per heavy atom. The lowest BCUT2D eigenvalue weighted by atomic mass is 9.89. The fraction of sp³-hybridized carbons (Fsp3) is 0.909. The molecule has 2 N–H and O–H groups in total. The van der Waals surface area contributed by atoms with E-state index in [2.05, 4.69) is 10.6 Å². The Balaban J connectivity index is 1.75. The molecule has 0 atom stereocenters. The van der Waals surface area contributed by atoms with Gasteiger partial charge in [-0.2, -0.15) is 0 Å². The zero-order chi connectivity index (χ0) is 10.7. The van der Waals surface area contributed by atoms with E-state index in [0.717, 1.165) is 12.8 Å². The van der Waals surface area contributed by atoms with Crippen molar-refractivity contribution in [3.8, 4) is 0 Å². The molecule has 0 aromatic rings. The van der Waals surface area contributed by atoms with Gasteiger partial charge in [-0.1, -0.05) is 0 Å². The van der Waals surface area contributed by atoms with Gasteiger partial charge in [0.25, 0.3) is 0 Å². The Kier molecular flexibility index (Phi) is 3.24. The van der Waals surface area contributed by atoms with Gasteiger partial charge in [-0.25, -0.2) is 4.39 Å². The number of nitrogens with one attached hydrogen (secondary N) is 2. The van der Waals surface area contributed by atoms with Gasteiger partial charge >= 0.3 is 0 Å². The van der Waals surface area contributed by atoms with Crippen LogP contribution < -0.4 is 10.6 Å². The minimum absolute atomic E-state index is 0.0468. The maximum atomic E-state index is 14.1. The zero-order valence-electron chi connectivity index (χ0n) is 9.02. The van der Waals surface area contributed by atoms with Crippen molar-refractivity contribution in [2.24, 2.45) is 0 Å². The summed E-state index contributed by atoms with van der Waals surface area (Å²) in [6.07, 6.45) is 4.29. The summed E-state index contributed by atoms with van der Waals surface area (Å²) in [4.78, 5) is 11.5. The molecule has 0 aromatic heterocycles. The molecular formula is C11H19FN2O. The van der Waals surface area contributed by atoms with Crippen molar-refractivity contribution in [3.63, 3.8) is 0 Å². The van der Waals surface area contributed by atoms with Gasteiger partial charge in [-0.05, 0) is 45.2 Å². The molecule has 0 spiro atoms. The van der Waals surface area contributed by atoms with Gasteiger partial charge in [-0.15, -0.1) is 0 Å². The lowest BCUT2D eigenvalue weighted by Gasteiger charge is -2.31. The quantitative estimate of drug-likeness (QED) is 0.739. The first-order chi connectivity index (χ1) is 7.18. The number of alkyl halides is 1. The summed E-state index contributed by atoms with van der Waals surface area (Å²) in [6, 6.07) is 0.322. The van der Waals surface area contributed by atoms with E-state index in [0.29, 0.717) is 32.0 Å². The van der Waals surface area contributed by atoms with Crippen LogP contribution in [0, 0.1) is 0 Å². The third kappa shape index (κ3) is 2.91. The molecule has 1 aliphatic carbocycles. The molecule has 4 heteroatoms. The monoisotopic (exact) mass is 214 g/mol. The van der Waals surface area contributed by atoms with Crippen LogP contribution in [0.5, 0.6) is 0 Å². The molecule has 15 heavy (non-hydrogen) atoms. The molecule has 1 saturated heterocycles. The van der Waals surface area contributed by atoms with Gasteiger partial charge < -0.3 is 10.6 Å². The smallest absolute Gasteiger partial charge is 0.223 e. The second-order valence-electron chi connectivity index (χ2n) is 4.77. The van der Waals surface area contributed by atoms with Gasteiger partial charge in [0.15, 0.2) is 0 Å². The molecule has 0 bridgehead atoms. The Labute approximate surface area is 89.8 Å². The molecule has 1 heterocycles. The van der Waals surface area contributed by atoms with Crippen molar-refractivity contribution in [1.82, 2.24) is 10.6 Å². The van der Waals surface area contributed by atoms with Crippen molar-refractivity contribution >= 4 is 5.91 Å². The van der Waals surface area contributed by atoms with Crippen LogP contribution in [0.15, 0.2) is 0 Å². The highest BCUT2D eigenvalue weighted by atomic mass is 19.1. The highest BCUT2D eigenvalue weighted by Gasteiger charge is 2.34. The molecule has 0 unspecified atom stereocenters. The minimum atomic E-state index is -1.26. The van der Waals surface area contributed by atoms with Crippen LogP contribution in [0.25, 0.3) is 0 Å². The summed E-state index contributed by atoms with van der Waals surface area (Å²) >= 11 is 0. The van der Waals surface area contributed by atoms with E-state index < -0.39 is 5.67 Å². The molecule has 2 fully saturated rings. The number of amides is 1. The molecule has 86 valence electrons. The van der Waals surface area contributed by atoms with Gasteiger partial charge in [0, 0.05) is 6.04 Å². The van der Waals surface area contributed by atoms with Gasteiger partial charge in [0.1, 0.15) is 5.67 Å². The van der Waals surface area contributed by atoms with Crippen LogP contribution in [0.2, 0.25) is 0 Å². The van der Waals surface area contributed by atoms with Gasteiger partial charge in [0.05, 0.1) is 6.42 Å². The second kappa shape index (κ2) is 4.47. The predicted octanol–water partition coefficient (Wildman–Crippen LogP) is 1.14. The van der Waals surface area contributed by atoms with Crippen LogP contribution in [-0.2, 0) is 4.79 Å². The summed E-state index contributed by atoms with van der Waals surface area (Å²) in [5.41, 5.74) is -1.26. The molecule has 0 aromatic carbocycles. The molecule has 2 rings (SSSR count). The van der Waals surface area contributed by atoms with Crippen molar-refractivity contribution in [1.29, 1.82) is 0 Å². The average molecular weight is 214 g/mol. The SMILES string of the molecule is O=C(CC1(F)CCNCC1)NC1CCC1. The van der Waals surface area contributed by atoms with E-state index in [1.807, 2.05) is 0 Å². The first-order valence-corrected chi connectivity index (χ1v) is 5.87. The number of halogens is 1. The van der Waals surface area contributed by atoms with Crippen molar-refractivity contribution < 1.29 is 9.18 Å². The standard InChI is InChI=1S/C11H19FN2O/c12-11(4-6-13-7-5-11)8-10(15)14-9-2-1-3-9/h9,13H,1-8H2,(H,14,15). The number of rotatable bonds is 3. The van der Waals surface area contributed by atoms with Crippen molar-refractivity contribution in [3.05, 3.63) is 0 Å². The fourth-order valence-corrected chi connectivity index (χ4v) is 2.17. The third-order valence-corrected chi connectivity index (χ3v) is 3.45. The van der Waals surface area contributed by atoms with Crippen LogP contribution in [0.4, 0.5) is 4.39 Å². The van der Waals surface area contributed by atoms with Crippen LogP contribution >= 0.6 is 0 Å². The summed E-state index contributed by atoms with van der Waals surface area (Å²) < 4.78 is 14.1. The zero-order valence-corrected chi connectivity index (χ0v) is 9.02. The minimum Gasteiger partial charge on any atom is -0.353 e. The van der Waals surface area contributed by atoms with E-state index >= 15 is 0 Å². The number of hydrogen-bond donors (Lipinski definition) is 2. The normalized spacial score (nSPS) is 25.7. The summed E-state index contributed by atoms with van der Waals surface area (Å²) in [5.74, 6) is -0.107. The lowest BCUT2D eigenvalue weighted by molar-refractivity contribution is -0.125. The third-order valence-electron chi connectivity index (χ3n) is 3.45. The van der Waals surface area contributed by atoms with Crippen molar-refractivity contribution in [2.75, 3.05) is 13.1 Å². The van der Waals surface area contributed by atoms with E-state index in [4.69, 9.17) is 0 Å². The average Bonchev–Trinajstić information content (AvgIpc) is 2.12. The fourth-order valence-electron chi connectivity index (χ4n) is 2.17. The van der Waals surface area contributed by atoms with Gasteiger partial charge in [0.2, 0.25) is 5.91 Å². The molecule has 2 aliphatic rings. The second-order valence-corrected chi connectivity index (χ2v) is 4.77. The van der Waals surface area contributed by atoms with Crippen LogP contribution in [0.1, 0.15) is 38.5 Å². The molecule has 1 saturated carbocycles. The first kappa shape index (κ1) is 10.9. The molecule has 1 aliphatic heterocycles. The Morgan fingerprint density at radius 2 is 2.07 bits per heavy atom. The highest BCUT2D eigenvalue weighted by Crippen LogP contribution is 2.27. The Hall–Kier alpha value is -0.640. The van der Waals surface area contributed by atoms with E-state index in [1.54, 1.807) is 0 Å². The maximum absolute atomic E-state index is 14.1. The molecule has 0 radical (unpaired) electrons. The number of carbonyl (C=O) groups is 1. The summed E-state index contributed by atoms with van der Waals surface area (Å²) in [5, 5.41) is 5.99. The van der Waals surface area contributed by atoms with Crippen LogP contribution in [-0.4, -0.2) is 30.7 Å².